The van der Waals surface area contributed by atoms with Gasteiger partial charge in [0.05, 0.1) is 5.03 Å². The van der Waals surface area contributed by atoms with Gasteiger partial charge in [0.1, 0.15) is 0 Å². The average molecular weight is 196 g/mol. The summed E-state index contributed by atoms with van der Waals surface area (Å²) in [7, 11) is 0. The molecule has 0 aliphatic carbocycles. The number of thioether (sulfide) groups is 1. The molecule has 13 heavy (non-hydrogen) atoms. The van der Waals surface area contributed by atoms with Crippen molar-refractivity contribution in [2.75, 3.05) is 5.75 Å². The van der Waals surface area contributed by atoms with Crippen LogP contribution in [0.5, 0.6) is 0 Å². The molecule has 0 bridgehead atoms. The molecule has 1 unspecified atom stereocenters. The lowest BCUT2D eigenvalue weighted by Gasteiger charge is -2.05. The number of hydrogen-bond acceptors (Lipinski definition) is 3. The molecule has 1 aromatic heterocycles. The van der Waals surface area contributed by atoms with Crippen LogP contribution in [-0.4, -0.2) is 10.7 Å². The van der Waals surface area contributed by atoms with E-state index in [0.717, 1.165) is 16.3 Å². The molecule has 1 heterocycles. The minimum absolute atomic E-state index is 0.0812. The summed E-state index contributed by atoms with van der Waals surface area (Å²) in [5.74, 6) is 1.13. The second kappa shape index (κ2) is 5.25. The predicted molar refractivity (Wildman–Crippen MR) is 57.9 cm³/mol. The number of nitrogens with zero attached hydrogens (tertiary/aromatic N) is 1. The zero-order valence-corrected chi connectivity index (χ0v) is 8.97. The van der Waals surface area contributed by atoms with Gasteiger partial charge in [-0.3, -0.25) is 0 Å². The summed E-state index contributed by atoms with van der Waals surface area (Å²) in [6, 6.07) is 4.17. The molecule has 0 saturated heterocycles. The molecule has 1 atom stereocenters. The molecule has 0 aliphatic heterocycles. The third-order valence-electron chi connectivity index (χ3n) is 1.74. The van der Waals surface area contributed by atoms with E-state index in [1.807, 2.05) is 19.2 Å². The van der Waals surface area contributed by atoms with Gasteiger partial charge in [0, 0.05) is 12.2 Å². The summed E-state index contributed by atoms with van der Waals surface area (Å²) >= 11 is 1.79. The SMILES string of the molecule is CCCSc1ccc(C(C)N)cn1. The average Bonchev–Trinajstić information content (AvgIpc) is 2.15. The van der Waals surface area contributed by atoms with Gasteiger partial charge in [-0.05, 0) is 30.7 Å². The molecule has 0 aromatic carbocycles. The second-order valence-corrected chi connectivity index (χ2v) is 4.18. The monoisotopic (exact) mass is 196 g/mol. The van der Waals surface area contributed by atoms with E-state index in [9.17, 15) is 0 Å². The molecule has 0 aliphatic rings. The molecule has 2 N–H and O–H groups in total. The highest BCUT2D eigenvalue weighted by atomic mass is 32.2. The molecule has 0 radical (unpaired) electrons. The predicted octanol–water partition coefficient (Wildman–Crippen LogP) is 2.60. The lowest BCUT2D eigenvalue weighted by molar-refractivity contribution is 0.806. The molecule has 0 amide bonds. The summed E-state index contributed by atoms with van der Waals surface area (Å²) in [4.78, 5) is 4.32. The molecule has 72 valence electrons. The number of rotatable bonds is 4. The fourth-order valence-corrected chi connectivity index (χ4v) is 1.66. The Labute approximate surface area is 83.9 Å². The van der Waals surface area contributed by atoms with Gasteiger partial charge in [0.2, 0.25) is 0 Å². The fourth-order valence-electron chi connectivity index (χ4n) is 0.953. The van der Waals surface area contributed by atoms with Crippen molar-refractivity contribution in [2.45, 2.75) is 31.3 Å². The van der Waals surface area contributed by atoms with Gasteiger partial charge in [-0.25, -0.2) is 4.98 Å². The van der Waals surface area contributed by atoms with Gasteiger partial charge < -0.3 is 5.73 Å². The number of pyridine rings is 1. The topological polar surface area (TPSA) is 38.9 Å². The van der Waals surface area contributed by atoms with Crippen LogP contribution < -0.4 is 5.73 Å². The minimum atomic E-state index is 0.0812. The number of hydrogen-bond donors (Lipinski definition) is 1. The van der Waals surface area contributed by atoms with Gasteiger partial charge >= 0.3 is 0 Å². The van der Waals surface area contributed by atoms with Crippen LogP contribution >= 0.6 is 11.8 Å². The fraction of sp³-hybridized carbons (Fsp3) is 0.500. The lowest BCUT2D eigenvalue weighted by Crippen LogP contribution is -2.04. The molecule has 3 heteroatoms. The molecule has 0 saturated carbocycles. The van der Waals surface area contributed by atoms with Crippen molar-refractivity contribution in [3.05, 3.63) is 23.9 Å². The second-order valence-electron chi connectivity index (χ2n) is 3.07. The first-order chi connectivity index (χ1) is 6.24. The van der Waals surface area contributed by atoms with Crippen LogP contribution in [0.2, 0.25) is 0 Å². The van der Waals surface area contributed by atoms with Crippen LogP contribution in [-0.2, 0) is 0 Å². The smallest absolute Gasteiger partial charge is 0.0960 e. The summed E-state index contributed by atoms with van der Waals surface area (Å²) in [6.07, 6.45) is 3.05. The first-order valence-corrected chi connectivity index (χ1v) is 5.57. The third-order valence-corrected chi connectivity index (χ3v) is 2.89. The molecule has 2 nitrogen and oxygen atoms in total. The molecule has 0 spiro atoms. The molecule has 0 fully saturated rings. The van der Waals surface area contributed by atoms with Gasteiger partial charge in [-0.2, -0.15) is 0 Å². The van der Waals surface area contributed by atoms with Crippen molar-refractivity contribution in [1.29, 1.82) is 0 Å². The number of nitrogens with two attached hydrogens (primary N) is 1. The summed E-state index contributed by atoms with van der Waals surface area (Å²) in [6.45, 7) is 4.14. The summed E-state index contributed by atoms with van der Waals surface area (Å²) in [5.41, 5.74) is 6.82. The van der Waals surface area contributed by atoms with E-state index < -0.39 is 0 Å². The van der Waals surface area contributed by atoms with E-state index >= 15 is 0 Å². The lowest BCUT2D eigenvalue weighted by atomic mass is 10.2. The Morgan fingerprint density at radius 3 is 2.77 bits per heavy atom. The molecular formula is C10H16N2S. The van der Waals surface area contributed by atoms with Gasteiger partial charge in [0.15, 0.2) is 0 Å². The Balaban J connectivity index is 2.59. The van der Waals surface area contributed by atoms with Crippen LogP contribution in [0.4, 0.5) is 0 Å². The van der Waals surface area contributed by atoms with Crippen molar-refractivity contribution in [3.63, 3.8) is 0 Å². The Bertz CT molecular complexity index is 244. The zero-order chi connectivity index (χ0) is 9.68. The normalized spacial score (nSPS) is 12.8. The Morgan fingerprint density at radius 1 is 1.54 bits per heavy atom. The minimum Gasteiger partial charge on any atom is -0.324 e. The van der Waals surface area contributed by atoms with E-state index in [0.29, 0.717) is 0 Å². The molecule has 1 rings (SSSR count). The van der Waals surface area contributed by atoms with Crippen molar-refractivity contribution in [1.82, 2.24) is 4.98 Å². The maximum Gasteiger partial charge on any atom is 0.0960 e. The van der Waals surface area contributed by atoms with E-state index in [4.69, 9.17) is 5.73 Å². The zero-order valence-electron chi connectivity index (χ0n) is 8.16. The van der Waals surface area contributed by atoms with Crippen molar-refractivity contribution in [2.24, 2.45) is 5.73 Å². The molecular weight excluding hydrogens is 180 g/mol. The maximum atomic E-state index is 5.72. The quantitative estimate of drug-likeness (QED) is 0.752. The summed E-state index contributed by atoms with van der Waals surface area (Å²) < 4.78 is 0. The van der Waals surface area contributed by atoms with E-state index in [1.54, 1.807) is 11.8 Å². The van der Waals surface area contributed by atoms with E-state index in [-0.39, 0.29) is 6.04 Å². The third kappa shape index (κ3) is 3.36. The van der Waals surface area contributed by atoms with Gasteiger partial charge in [0.25, 0.3) is 0 Å². The van der Waals surface area contributed by atoms with Crippen LogP contribution in [0.25, 0.3) is 0 Å². The highest BCUT2D eigenvalue weighted by Crippen LogP contribution is 2.17. The summed E-state index contributed by atoms with van der Waals surface area (Å²) in [5, 5.41) is 1.09. The standard InChI is InChI=1S/C10H16N2S/c1-3-6-13-10-5-4-9(7-12-10)8(2)11/h4-5,7-8H,3,6,11H2,1-2H3. The van der Waals surface area contributed by atoms with Crippen molar-refractivity contribution < 1.29 is 0 Å². The largest absolute Gasteiger partial charge is 0.324 e. The van der Waals surface area contributed by atoms with E-state index in [2.05, 4.69) is 18.0 Å². The first kappa shape index (κ1) is 10.5. The van der Waals surface area contributed by atoms with Gasteiger partial charge in [-0.1, -0.05) is 13.0 Å². The first-order valence-electron chi connectivity index (χ1n) is 4.58. The van der Waals surface area contributed by atoms with Crippen molar-refractivity contribution >= 4 is 11.8 Å². The maximum absolute atomic E-state index is 5.72. The Hall–Kier alpha value is -0.540. The van der Waals surface area contributed by atoms with E-state index in [1.165, 1.54) is 6.42 Å². The van der Waals surface area contributed by atoms with Crippen LogP contribution in [0, 0.1) is 0 Å². The Morgan fingerprint density at radius 2 is 2.31 bits per heavy atom. The van der Waals surface area contributed by atoms with Crippen LogP contribution in [0.15, 0.2) is 23.4 Å². The van der Waals surface area contributed by atoms with Crippen LogP contribution in [0.1, 0.15) is 31.9 Å². The highest BCUT2D eigenvalue weighted by molar-refractivity contribution is 7.99. The van der Waals surface area contributed by atoms with Crippen LogP contribution in [0.3, 0.4) is 0 Å². The molecule has 1 aromatic rings. The van der Waals surface area contributed by atoms with Crippen molar-refractivity contribution in [3.8, 4) is 0 Å². The number of aromatic nitrogens is 1. The Kier molecular flexibility index (Phi) is 4.25. The van der Waals surface area contributed by atoms with Gasteiger partial charge in [-0.15, -0.1) is 11.8 Å². The highest BCUT2D eigenvalue weighted by Gasteiger charge is 1.99.